The van der Waals surface area contributed by atoms with Crippen LogP contribution in [0.2, 0.25) is 0 Å². The van der Waals surface area contributed by atoms with Gasteiger partial charge in [-0.15, -0.1) is 5.10 Å². The lowest BCUT2D eigenvalue weighted by atomic mass is 10.2. The Morgan fingerprint density at radius 1 is 1.27 bits per heavy atom. The molecule has 7 heteroatoms. The molecular formula is C15H22N6O. The van der Waals surface area contributed by atoms with Crippen LogP contribution in [0.1, 0.15) is 32.3 Å². The van der Waals surface area contributed by atoms with Gasteiger partial charge in [0.15, 0.2) is 0 Å². The van der Waals surface area contributed by atoms with Gasteiger partial charge in [0.2, 0.25) is 17.8 Å². The third-order valence-corrected chi connectivity index (χ3v) is 3.43. The summed E-state index contributed by atoms with van der Waals surface area (Å²) in [5.41, 5.74) is 13.1. The van der Waals surface area contributed by atoms with Crippen molar-refractivity contribution in [3.8, 4) is 5.69 Å². The first-order valence-corrected chi connectivity index (χ1v) is 7.34. The van der Waals surface area contributed by atoms with Gasteiger partial charge in [-0.05, 0) is 24.1 Å². The lowest BCUT2D eigenvalue weighted by Gasteiger charge is -2.21. The highest BCUT2D eigenvalue weighted by Crippen LogP contribution is 2.15. The van der Waals surface area contributed by atoms with Crippen LogP contribution in [0.3, 0.4) is 0 Å². The number of nitrogen functional groups attached to an aromatic ring is 2. The van der Waals surface area contributed by atoms with Crippen LogP contribution in [0.5, 0.6) is 0 Å². The van der Waals surface area contributed by atoms with Crippen LogP contribution < -0.4 is 11.5 Å². The minimum Gasteiger partial charge on any atom is -0.368 e. The summed E-state index contributed by atoms with van der Waals surface area (Å²) in [5, 5.41) is 4.03. The van der Waals surface area contributed by atoms with Crippen LogP contribution in [0, 0.1) is 0 Å². The Balaban J connectivity index is 2.11. The van der Waals surface area contributed by atoms with Gasteiger partial charge in [-0.2, -0.15) is 9.67 Å². The number of nitrogens with two attached hydrogens (primary N) is 2. The molecule has 0 saturated carbocycles. The van der Waals surface area contributed by atoms with Gasteiger partial charge >= 0.3 is 0 Å². The molecule has 0 aliphatic rings. The highest BCUT2D eigenvalue weighted by atomic mass is 16.2. The molecule has 22 heavy (non-hydrogen) atoms. The van der Waals surface area contributed by atoms with Gasteiger partial charge in [0.25, 0.3) is 0 Å². The Labute approximate surface area is 129 Å². The highest BCUT2D eigenvalue weighted by molar-refractivity contribution is 5.73. The number of carbonyl (C=O) groups is 1. The van der Waals surface area contributed by atoms with E-state index in [1.165, 1.54) is 4.68 Å². The van der Waals surface area contributed by atoms with Gasteiger partial charge in [-0.1, -0.05) is 25.5 Å². The van der Waals surface area contributed by atoms with E-state index in [-0.39, 0.29) is 17.8 Å². The Hall–Kier alpha value is -2.57. The normalized spacial score (nSPS) is 10.6. The van der Waals surface area contributed by atoms with Crippen molar-refractivity contribution in [2.75, 3.05) is 18.0 Å². The third kappa shape index (κ3) is 3.75. The van der Waals surface area contributed by atoms with Gasteiger partial charge in [0.1, 0.15) is 0 Å². The molecule has 1 amide bonds. The molecule has 1 aromatic carbocycles. The molecule has 0 bridgehead atoms. The number of carbonyl (C=O) groups excluding carboxylic acids is 1. The van der Waals surface area contributed by atoms with Crippen molar-refractivity contribution in [2.45, 2.75) is 33.2 Å². The van der Waals surface area contributed by atoms with Crippen molar-refractivity contribution in [3.05, 3.63) is 29.8 Å². The number of hydrogen-bond acceptors (Lipinski definition) is 5. The van der Waals surface area contributed by atoms with E-state index in [4.69, 9.17) is 11.5 Å². The minimum atomic E-state index is 0.0887. The first-order valence-electron chi connectivity index (χ1n) is 7.34. The smallest absolute Gasteiger partial charge is 0.241 e. The molecular weight excluding hydrogens is 280 g/mol. The molecule has 0 spiro atoms. The van der Waals surface area contributed by atoms with Gasteiger partial charge in [-0.25, -0.2) is 0 Å². The van der Waals surface area contributed by atoms with Gasteiger partial charge in [0.05, 0.1) is 5.69 Å². The molecule has 0 aliphatic carbocycles. The fraction of sp³-hybridized carbons (Fsp3) is 0.400. The van der Waals surface area contributed by atoms with Crippen molar-refractivity contribution >= 4 is 17.8 Å². The average Bonchev–Trinajstić information content (AvgIpc) is 2.82. The fourth-order valence-electron chi connectivity index (χ4n) is 2.19. The van der Waals surface area contributed by atoms with Gasteiger partial charge in [-0.3, -0.25) is 4.79 Å². The standard InChI is InChI=1S/C15H22N6O/c1-3-4-9-20(11(2)22)10-12-5-7-13(8-6-12)21-15(17)18-14(16)19-21/h5-8H,3-4,9-10H2,1-2H3,(H4,16,17,18,19). The zero-order valence-corrected chi connectivity index (χ0v) is 13.0. The molecule has 2 aromatic rings. The van der Waals surface area contributed by atoms with Gasteiger partial charge < -0.3 is 16.4 Å². The van der Waals surface area contributed by atoms with E-state index in [1.807, 2.05) is 29.2 Å². The van der Waals surface area contributed by atoms with Crippen molar-refractivity contribution in [1.29, 1.82) is 0 Å². The SMILES string of the molecule is CCCCN(Cc1ccc(-n2nc(N)nc2N)cc1)C(C)=O. The summed E-state index contributed by atoms with van der Waals surface area (Å²) in [6, 6.07) is 7.68. The number of amides is 1. The molecule has 1 aromatic heterocycles. The second kappa shape index (κ2) is 6.93. The summed E-state index contributed by atoms with van der Waals surface area (Å²) >= 11 is 0. The zero-order chi connectivity index (χ0) is 16.1. The van der Waals surface area contributed by atoms with Crippen molar-refractivity contribution in [2.24, 2.45) is 0 Å². The first kappa shape index (κ1) is 15.8. The molecule has 0 radical (unpaired) electrons. The molecule has 2 rings (SSSR count). The van der Waals surface area contributed by atoms with E-state index in [2.05, 4.69) is 17.0 Å². The second-order valence-corrected chi connectivity index (χ2v) is 5.20. The molecule has 0 atom stereocenters. The Kier molecular flexibility index (Phi) is 4.98. The van der Waals surface area contributed by atoms with Crippen LogP contribution >= 0.6 is 0 Å². The molecule has 7 nitrogen and oxygen atoms in total. The lowest BCUT2D eigenvalue weighted by Crippen LogP contribution is -2.29. The predicted octanol–water partition coefficient (Wildman–Crippen LogP) is 1.58. The van der Waals surface area contributed by atoms with Gasteiger partial charge in [0, 0.05) is 20.0 Å². The number of nitrogens with zero attached hydrogens (tertiary/aromatic N) is 4. The Morgan fingerprint density at radius 2 is 1.95 bits per heavy atom. The second-order valence-electron chi connectivity index (χ2n) is 5.20. The van der Waals surface area contributed by atoms with E-state index in [9.17, 15) is 4.79 Å². The Bertz CT molecular complexity index is 634. The van der Waals surface area contributed by atoms with E-state index < -0.39 is 0 Å². The van der Waals surface area contributed by atoms with E-state index >= 15 is 0 Å². The molecule has 0 fully saturated rings. The predicted molar refractivity (Wildman–Crippen MR) is 86.2 cm³/mol. The number of aromatic nitrogens is 3. The molecule has 0 unspecified atom stereocenters. The molecule has 118 valence electrons. The maximum atomic E-state index is 11.7. The minimum absolute atomic E-state index is 0.0887. The van der Waals surface area contributed by atoms with Crippen LogP contribution in [0.4, 0.5) is 11.9 Å². The van der Waals surface area contributed by atoms with Crippen LogP contribution in [-0.2, 0) is 11.3 Å². The number of benzene rings is 1. The monoisotopic (exact) mass is 302 g/mol. The summed E-state index contributed by atoms with van der Waals surface area (Å²) < 4.78 is 1.49. The third-order valence-electron chi connectivity index (χ3n) is 3.43. The number of unbranched alkanes of at least 4 members (excludes halogenated alkanes) is 1. The van der Waals surface area contributed by atoms with E-state index in [0.717, 1.165) is 30.6 Å². The maximum Gasteiger partial charge on any atom is 0.241 e. The molecule has 0 aliphatic heterocycles. The Morgan fingerprint density at radius 3 is 2.45 bits per heavy atom. The number of anilines is 2. The summed E-state index contributed by atoms with van der Waals surface area (Å²) in [4.78, 5) is 17.4. The fourth-order valence-corrected chi connectivity index (χ4v) is 2.19. The summed E-state index contributed by atoms with van der Waals surface area (Å²) in [7, 11) is 0. The van der Waals surface area contributed by atoms with E-state index in [1.54, 1.807) is 6.92 Å². The summed E-state index contributed by atoms with van der Waals surface area (Å²) in [6.07, 6.45) is 2.07. The zero-order valence-electron chi connectivity index (χ0n) is 13.0. The van der Waals surface area contributed by atoms with Crippen LogP contribution in [0.25, 0.3) is 5.69 Å². The molecule has 1 heterocycles. The quantitative estimate of drug-likeness (QED) is 0.843. The molecule has 4 N–H and O–H groups in total. The lowest BCUT2D eigenvalue weighted by molar-refractivity contribution is -0.129. The highest BCUT2D eigenvalue weighted by Gasteiger charge is 2.10. The summed E-state index contributed by atoms with van der Waals surface area (Å²) in [5.74, 6) is 0.480. The topological polar surface area (TPSA) is 103 Å². The molecule has 0 saturated heterocycles. The summed E-state index contributed by atoms with van der Waals surface area (Å²) in [6.45, 7) is 5.09. The van der Waals surface area contributed by atoms with Crippen molar-refractivity contribution in [3.63, 3.8) is 0 Å². The van der Waals surface area contributed by atoms with Crippen LogP contribution in [-0.4, -0.2) is 32.1 Å². The van der Waals surface area contributed by atoms with Crippen LogP contribution in [0.15, 0.2) is 24.3 Å². The van der Waals surface area contributed by atoms with E-state index in [0.29, 0.717) is 6.54 Å². The number of rotatable bonds is 6. The van der Waals surface area contributed by atoms with Crippen molar-refractivity contribution in [1.82, 2.24) is 19.7 Å². The maximum absolute atomic E-state index is 11.7. The van der Waals surface area contributed by atoms with Crippen molar-refractivity contribution < 1.29 is 4.79 Å². The largest absolute Gasteiger partial charge is 0.368 e. The average molecular weight is 302 g/mol. The number of hydrogen-bond donors (Lipinski definition) is 2. The first-order chi connectivity index (χ1) is 10.5.